The number of nitrogens with one attached hydrogen (secondary N) is 6. The van der Waals surface area contributed by atoms with Gasteiger partial charge in [0, 0.05) is 39.3 Å². The van der Waals surface area contributed by atoms with Gasteiger partial charge < -0.3 is 64.6 Å². The molecule has 0 aromatic rings. The van der Waals surface area contributed by atoms with Crippen molar-refractivity contribution in [3.05, 3.63) is 24.3 Å². The van der Waals surface area contributed by atoms with Crippen molar-refractivity contribution < 1.29 is 9.59 Å². The monoisotopic (exact) mass is 1170 g/mol. The van der Waals surface area contributed by atoms with E-state index >= 15 is 0 Å². The zero-order valence-corrected chi connectivity index (χ0v) is 55.5. The maximum absolute atomic E-state index is 13.8. The Morgan fingerprint density at radius 2 is 0.675 bits per heavy atom. The van der Waals surface area contributed by atoms with E-state index in [0.29, 0.717) is 51.1 Å². The average Bonchev–Trinajstić information content (AvgIpc) is 3.48. The SMILES string of the molecule is CCCCCCCC/C=C\CCCCCCCCN(CCN(CCCCCCCC/C=C\CCCCCCCC)CC(C)CNC(=O)C(CCCNCCCN)NCCCCN)CC(C)CNC(=O)C(CCCNCCCN)NCCCN. The molecule has 2 amide bonds. The van der Waals surface area contributed by atoms with Crippen LogP contribution >= 0.6 is 0 Å². The summed E-state index contributed by atoms with van der Waals surface area (Å²) in [6.07, 6.45) is 54.6. The molecule has 0 aliphatic heterocycles. The van der Waals surface area contributed by atoms with Gasteiger partial charge in [0.2, 0.25) is 11.8 Å². The summed E-state index contributed by atoms with van der Waals surface area (Å²) >= 11 is 0. The number of allylic oxidation sites excluding steroid dienone is 4. The average molecular weight is 1170 g/mol. The van der Waals surface area contributed by atoms with Crippen molar-refractivity contribution in [3.63, 3.8) is 0 Å². The molecule has 14 heteroatoms. The number of nitrogens with zero attached hydrogens (tertiary/aromatic N) is 2. The molecule has 0 bridgehead atoms. The highest BCUT2D eigenvalue weighted by Crippen LogP contribution is 2.15. The molecule has 14 N–H and O–H groups in total. The zero-order chi connectivity index (χ0) is 60.6. The van der Waals surface area contributed by atoms with Gasteiger partial charge in [-0.3, -0.25) is 9.59 Å². The van der Waals surface area contributed by atoms with Gasteiger partial charge in [-0.05, 0) is 212 Å². The predicted octanol–water partition coefficient (Wildman–Crippen LogP) is 11.6. The highest BCUT2D eigenvalue weighted by molar-refractivity contribution is 5.82. The van der Waals surface area contributed by atoms with E-state index in [1.54, 1.807) is 0 Å². The van der Waals surface area contributed by atoms with Gasteiger partial charge in [0.1, 0.15) is 0 Å². The lowest BCUT2D eigenvalue weighted by atomic mass is 10.1. The van der Waals surface area contributed by atoms with Gasteiger partial charge in [-0.15, -0.1) is 0 Å². The van der Waals surface area contributed by atoms with Crippen LogP contribution in [-0.2, 0) is 9.59 Å². The number of carbonyl (C=O) groups excluding carboxylic acids is 2. The molecule has 0 aliphatic rings. The van der Waals surface area contributed by atoms with E-state index in [4.69, 9.17) is 22.9 Å². The summed E-state index contributed by atoms with van der Waals surface area (Å²) in [7, 11) is 0. The van der Waals surface area contributed by atoms with Crippen LogP contribution < -0.4 is 54.8 Å². The normalized spacial score (nSPS) is 13.5. The van der Waals surface area contributed by atoms with Crippen molar-refractivity contribution in [2.24, 2.45) is 34.8 Å². The molecular formula is C69H144N12O2. The molecule has 0 fully saturated rings. The zero-order valence-electron chi connectivity index (χ0n) is 55.5. The molecule has 0 spiro atoms. The molecule has 0 saturated heterocycles. The molecule has 14 nitrogen and oxygen atoms in total. The molecule has 0 aromatic carbocycles. The van der Waals surface area contributed by atoms with E-state index in [2.05, 4.69) is 93.7 Å². The fraction of sp³-hybridized carbons (Fsp3) is 0.913. The first-order valence-corrected chi connectivity index (χ1v) is 35.7. The second kappa shape index (κ2) is 66.0. The van der Waals surface area contributed by atoms with Gasteiger partial charge in [-0.1, -0.05) is 168 Å². The molecule has 0 saturated carbocycles. The van der Waals surface area contributed by atoms with E-state index in [-0.39, 0.29) is 23.9 Å². The van der Waals surface area contributed by atoms with Crippen molar-refractivity contribution in [1.82, 2.24) is 41.7 Å². The first kappa shape index (κ1) is 81.0. The Morgan fingerprint density at radius 1 is 0.361 bits per heavy atom. The number of carbonyl (C=O) groups is 2. The third-order valence-electron chi connectivity index (χ3n) is 16.3. The molecule has 0 radical (unpaired) electrons. The van der Waals surface area contributed by atoms with E-state index in [0.717, 1.165) is 136 Å². The predicted molar refractivity (Wildman–Crippen MR) is 363 cm³/mol. The van der Waals surface area contributed by atoms with Crippen LogP contribution in [0.1, 0.15) is 265 Å². The molecule has 492 valence electrons. The number of hydrogen-bond acceptors (Lipinski definition) is 12. The van der Waals surface area contributed by atoms with E-state index in [1.165, 1.54) is 180 Å². The minimum atomic E-state index is -0.221. The van der Waals surface area contributed by atoms with Crippen LogP contribution in [0.4, 0.5) is 0 Å². The first-order valence-electron chi connectivity index (χ1n) is 35.7. The standard InChI is InChI=1S/C69H144N12O2/c1-5-7-9-11-13-15-17-19-21-23-25-27-29-31-33-37-56-80(62-64(3)60-78-68(82)66(76-54-36-35-46-70)44-39-50-74-52-41-47-71)58-59-81(57-38-34-32-30-28-26-24-22-20-18-16-14-12-10-8-6-2)63-65(4)61-79-69(83)67(77-55-43-49-73)45-40-51-75-53-42-48-72/h19-22,64-67,74-77H,5-18,23-63,70-73H2,1-4H3,(H,78,82)(H,79,83)/b21-19-,22-20-. The molecular weight excluding hydrogens is 1030 g/mol. The van der Waals surface area contributed by atoms with Crippen LogP contribution in [0.25, 0.3) is 0 Å². The Balaban J connectivity index is 5.87. The maximum atomic E-state index is 13.8. The molecule has 83 heavy (non-hydrogen) atoms. The lowest BCUT2D eigenvalue weighted by Crippen LogP contribution is -2.48. The van der Waals surface area contributed by atoms with Crippen molar-refractivity contribution in [2.75, 3.05) is 118 Å². The topological polar surface area (TPSA) is 217 Å². The second-order valence-electron chi connectivity index (χ2n) is 24.9. The van der Waals surface area contributed by atoms with Gasteiger partial charge in [-0.2, -0.15) is 0 Å². The third-order valence-corrected chi connectivity index (χ3v) is 16.3. The van der Waals surface area contributed by atoms with Crippen molar-refractivity contribution >= 4 is 11.8 Å². The van der Waals surface area contributed by atoms with E-state index in [9.17, 15) is 9.59 Å². The maximum Gasteiger partial charge on any atom is 0.237 e. The summed E-state index contributed by atoms with van der Waals surface area (Å²) in [5.74, 6) is 0.841. The molecule has 0 aromatic heterocycles. The van der Waals surface area contributed by atoms with Gasteiger partial charge in [0.15, 0.2) is 0 Å². The van der Waals surface area contributed by atoms with E-state index < -0.39 is 0 Å². The van der Waals surface area contributed by atoms with Crippen LogP contribution in [0.5, 0.6) is 0 Å². The molecule has 0 aliphatic carbocycles. The Morgan fingerprint density at radius 3 is 1.04 bits per heavy atom. The fourth-order valence-electron chi connectivity index (χ4n) is 11.0. The molecule has 4 atom stereocenters. The summed E-state index contributed by atoms with van der Waals surface area (Å²) in [6.45, 7) is 24.4. The minimum absolute atomic E-state index is 0.0996. The second-order valence-corrected chi connectivity index (χ2v) is 24.9. The van der Waals surface area contributed by atoms with Crippen LogP contribution in [0, 0.1) is 11.8 Å². The third kappa shape index (κ3) is 57.5. The first-order chi connectivity index (χ1) is 40.8. The number of amides is 2. The number of nitrogens with two attached hydrogens (primary N) is 4. The fourth-order valence-corrected chi connectivity index (χ4v) is 11.0. The number of rotatable bonds is 68. The Kier molecular flexibility index (Phi) is 64.4. The summed E-state index contributed by atoms with van der Waals surface area (Å²) < 4.78 is 0. The summed E-state index contributed by atoms with van der Waals surface area (Å²) in [4.78, 5) is 32.9. The van der Waals surface area contributed by atoms with Crippen molar-refractivity contribution in [3.8, 4) is 0 Å². The highest BCUT2D eigenvalue weighted by atomic mass is 16.2. The van der Waals surface area contributed by atoms with Gasteiger partial charge in [0.05, 0.1) is 12.1 Å². The minimum Gasteiger partial charge on any atom is -0.354 e. The Hall–Kier alpha value is -1.98. The van der Waals surface area contributed by atoms with Crippen molar-refractivity contribution in [1.29, 1.82) is 0 Å². The van der Waals surface area contributed by atoms with Gasteiger partial charge >= 0.3 is 0 Å². The molecule has 4 unspecified atom stereocenters. The quantitative estimate of drug-likeness (QED) is 0.0203. The number of unbranched alkanes of at least 4 members (excludes halogenated alkanes) is 25. The lowest BCUT2D eigenvalue weighted by Gasteiger charge is -2.31. The number of hydrogen-bond donors (Lipinski definition) is 10. The van der Waals surface area contributed by atoms with Crippen molar-refractivity contribution in [2.45, 2.75) is 277 Å². The van der Waals surface area contributed by atoms with Gasteiger partial charge in [0.25, 0.3) is 0 Å². The summed E-state index contributed by atoms with van der Waals surface area (Å²) in [5.41, 5.74) is 23.0. The Bertz CT molecular complexity index is 1390. The molecule has 0 rings (SSSR count). The molecule has 0 heterocycles. The van der Waals surface area contributed by atoms with Crippen LogP contribution in [0.2, 0.25) is 0 Å². The van der Waals surface area contributed by atoms with Gasteiger partial charge in [-0.25, -0.2) is 0 Å². The summed E-state index contributed by atoms with van der Waals surface area (Å²) in [5, 5.41) is 20.8. The largest absolute Gasteiger partial charge is 0.354 e. The smallest absolute Gasteiger partial charge is 0.237 e. The highest BCUT2D eigenvalue weighted by Gasteiger charge is 2.21. The van der Waals surface area contributed by atoms with Crippen LogP contribution in [0.3, 0.4) is 0 Å². The lowest BCUT2D eigenvalue weighted by molar-refractivity contribution is -0.124. The van der Waals surface area contributed by atoms with E-state index in [1.807, 2.05) is 0 Å². The Labute approximate surface area is 515 Å². The van der Waals surface area contributed by atoms with Crippen LogP contribution in [0.15, 0.2) is 24.3 Å². The summed E-state index contributed by atoms with van der Waals surface area (Å²) in [6, 6.07) is -0.426. The van der Waals surface area contributed by atoms with Crippen LogP contribution in [-0.4, -0.2) is 152 Å².